The number of likely N-dealkylation sites (N-methyl/N-ethyl adjacent to an activating group) is 1. The lowest BCUT2D eigenvalue weighted by atomic mass is 10.1. The van der Waals surface area contributed by atoms with Gasteiger partial charge in [0.05, 0.1) is 17.7 Å². The van der Waals surface area contributed by atoms with Crippen molar-refractivity contribution < 1.29 is 9.18 Å². The molecule has 0 radical (unpaired) electrons. The highest BCUT2D eigenvalue weighted by molar-refractivity contribution is 6.08. The van der Waals surface area contributed by atoms with Gasteiger partial charge in [-0.05, 0) is 36.4 Å². The Bertz CT molecular complexity index is 923. The van der Waals surface area contributed by atoms with Gasteiger partial charge < -0.3 is 14.4 Å². The van der Waals surface area contributed by atoms with Gasteiger partial charge in [-0.1, -0.05) is 6.07 Å². The second-order valence-corrected chi connectivity index (χ2v) is 6.03. The Morgan fingerprint density at radius 3 is 2.80 bits per heavy atom. The maximum atomic E-state index is 13.6. The summed E-state index contributed by atoms with van der Waals surface area (Å²) in [4.78, 5) is 20.8. The van der Waals surface area contributed by atoms with E-state index in [1.165, 1.54) is 12.1 Å². The minimum atomic E-state index is -0.304. The Balaban J connectivity index is 1.71. The molecule has 0 fully saturated rings. The molecule has 2 aromatic carbocycles. The molecule has 1 aliphatic rings. The molecular weight excluding hydrogens is 319 g/mol. The van der Waals surface area contributed by atoms with Crippen molar-refractivity contribution in [3.63, 3.8) is 0 Å². The van der Waals surface area contributed by atoms with Gasteiger partial charge in [0.25, 0.3) is 5.91 Å². The average molecular weight is 336 g/mol. The van der Waals surface area contributed by atoms with Crippen LogP contribution in [-0.4, -0.2) is 35.6 Å². The number of anilines is 2. The second kappa shape index (κ2) is 6.05. The van der Waals surface area contributed by atoms with Crippen LogP contribution in [0.5, 0.6) is 0 Å². The Morgan fingerprint density at radius 2 is 2.00 bits per heavy atom. The van der Waals surface area contributed by atoms with Crippen molar-refractivity contribution in [2.45, 2.75) is 0 Å². The van der Waals surface area contributed by atoms with Crippen LogP contribution in [0.2, 0.25) is 0 Å². The first kappa shape index (κ1) is 15.4. The minimum Gasteiger partial charge on any atom is -0.371 e. The molecule has 4 rings (SSSR count). The molecule has 0 bridgehead atoms. The molecule has 25 heavy (non-hydrogen) atoms. The lowest BCUT2D eigenvalue weighted by Gasteiger charge is -2.35. The molecule has 6 heteroatoms. The highest BCUT2D eigenvalue weighted by atomic mass is 19.1. The van der Waals surface area contributed by atoms with Crippen LogP contribution in [0.3, 0.4) is 0 Å². The normalized spacial score (nSPS) is 13.7. The fourth-order valence-electron chi connectivity index (χ4n) is 3.10. The summed E-state index contributed by atoms with van der Waals surface area (Å²) in [6, 6.07) is 11.9. The first-order valence-electron chi connectivity index (χ1n) is 8.04. The number of imidazole rings is 1. The third-order valence-electron chi connectivity index (χ3n) is 4.44. The molecule has 126 valence electrons. The lowest BCUT2D eigenvalue weighted by molar-refractivity contribution is 0.0986. The molecule has 0 N–H and O–H groups in total. The van der Waals surface area contributed by atoms with E-state index in [-0.39, 0.29) is 11.7 Å². The summed E-state index contributed by atoms with van der Waals surface area (Å²) in [5, 5.41) is 0. The van der Waals surface area contributed by atoms with Crippen molar-refractivity contribution in [1.82, 2.24) is 9.55 Å². The highest BCUT2D eigenvalue weighted by Gasteiger charge is 2.26. The predicted octanol–water partition coefficient (Wildman–Crippen LogP) is 3.11. The van der Waals surface area contributed by atoms with E-state index in [1.807, 2.05) is 40.9 Å². The number of carbonyl (C=O) groups is 1. The third kappa shape index (κ3) is 2.76. The number of rotatable bonds is 2. The fraction of sp³-hybridized carbons (Fsp3) is 0.158. The fourth-order valence-corrected chi connectivity index (χ4v) is 3.10. The van der Waals surface area contributed by atoms with Crippen LogP contribution in [0.1, 0.15) is 10.4 Å². The number of hydrogen-bond acceptors (Lipinski definition) is 3. The van der Waals surface area contributed by atoms with Crippen molar-refractivity contribution in [2.75, 3.05) is 29.9 Å². The largest absolute Gasteiger partial charge is 0.371 e. The van der Waals surface area contributed by atoms with E-state index < -0.39 is 0 Å². The minimum absolute atomic E-state index is 0.0945. The van der Waals surface area contributed by atoms with E-state index in [4.69, 9.17) is 0 Å². The van der Waals surface area contributed by atoms with E-state index in [2.05, 4.69) is 4.98 Å². The summed E-state index contributed by atoms with van der Waals surface area (Å²) in [5.41, 5.74) is 2.92. The van der Waals surface area contributed by atoms with Crippen molar-refractivity contribution in [2.24, 2.45) is 0 Å². The van der Waals surface area contributed by atoms with Gasteiger partial charge in [-0.3, -0.25) is 4.79 Å². The summed E-state index contributed by atoms with van der Waals surface area (Å²) < 4.78 is 15.4. The molecule has 0 aliphatic carbocycles. The van der Waals surface area contributed by atoms with Crippen LogP contribution in [0, 0.1) is 5.82 Å². The second-order valence-electron chi connectivity index (χ2n) is 6.03. The Morgan fingerprint density at radius 1 is 1.12 bits per heavy atom. The van der Waals surface area contributed by atoms with Crippen LogP contribution in [0.4, 0.5) is 15.8 Å². The first-order valence-corrected chi connectivity index (χ1v) is 8.04. The van der Waals surface area contributed by atoms with Gasteiger partial charge in [-0.25, -0.2) is 9.37 Å². The number of hydrogen-bond donors (Lipinski definition) is 0. The molecular formula is C19H17FN4O. The number of halogens is 1. The predicted molar refractivity (Wildman–Crippen MR) is 94.9 cm³/mol. The van der Waals surface area contributed by atoms with Crippen LogP contribution < -0.4 is 9.80 Å². The molecule has 0 saturated heterocycles. The van der Waals surface area contributed by atoms with E-state index in [0.717, 1.165) is 17.1 Å². The lowest BCUT2D eigenvalue weighted by Crippen LogP contribution is -2.42. The Kier molecular flexibility index (Phi) is 3.72. The average Bonchev–Trinajstić information content (AvgIpc) is 3.17. The van der Waals surface area contributed by atoms with Crippen molar-refractivity contribution in [1.29, 1.82) is 0 Å². The van der Waals surface area contributed by atoms with Gasteiger partial charge in [0.15, 0.2) is 0 Å². The number of aromatic nitrogens is 2. The van der Waals surface area contributed by atoms with Crippen molar-refractivity contribution >= 4 is 17.3 Å². The van der Waals surface area contributed by atoms with Crippen LogP contribution in [-0.2, 0) is 0 Å². The summed E-state index contributed by atoms with van der Waals surface area (Å²) in [6.45, 7) is 1.21. The number of carbonyl (C=O) groups excluding carboxylic acids is 1. The van der Waals surface area contributed by atoms with Crippen molar-refractivity contribution in [3.05, 3.63) is 72.6 Å². The maximum Gasteiger partial charge on any atom is 0.258 e. The van der Waals surface area contributed by atoms with Crippen molar-refractivity contribution in [3.8, 4) is 5.69 Å². The quantitative estimate of drug-likeness (QED) is 0.722. The number of amides is 1. The van der Waals surface area contributed by atoms with Gasteiger partial charge in [-0.15, -0.1) is 0 Å². The molecule has 1 aliphatic heterocycles. The molecule has 0 saturated carbocycles. The number of nitrogens with zero attached hydrogens (tertiary/aromatic N) is 4. The van der Waals surface area contributed by atoms with Crippen LogP contribution >= 0.6 is 0 Å². The van der Waals surface area contributed by atoms with E-state index in [9.17, 15) is 9.18 Å². The van der Waals surface area contributed by atoms with Gasteiger partial charge in [0.1, 0.15) is 5.82 Å². The zero-order valence-corrected chi connectivity index (χ0v) is 13.8. The number of benzene rings is 2. The van der Waals surface area contributed by atoms with Gasteiger partial charge in [0, 0.05) is 43.8 Å². The molecule has 1 amide bonds. The van der Waals surface area contributed by atoms with Crippen LogP contribution in [0.25, 0.3) is 5.69 Å². The monoisotopic (exact) mass is 336 g/mol. The molecule has 0 atom stereocenters. The van der Waals surface area contributed by atoms with E-state index in [0.29, 0.717) is 18.7 Å². The van der Waals surface area contributed by atoms with Gasteiger partial charge in [-0.2, -0.15) is 0 Å². The molecule has 1 aromatic heterocycles. The third-order valence-corrected chi connectivity index (χ3v) is 4.44. The van der Waals surface area contributed by atoms with Gasteiger partial charge in [0.2, 0.25) is 0 Å². The Labute approximate surface area is 144 Å². The van der Waals surface area contributed by atoms with Gasteiger partial charge >= 0.3 is 0 Å². The Hall–Kier alpha value is -3.15. The number of fused-ring (bicyclic) bond motifs is 1. The topological polar surface area (TPSA) is 41.4 Å². The summed E-state index contributed by atoms with van der Waals surface area (Å²) >= 11 is 0. The molecule has 5 nitrogen and oxygen atoms in total. The smallest absolute Gasteiger partial charge is 0.258 e. The standard InChI is InChI=1S/C19H17FN4O/c1-22-9-10-24(17-6-5-15(20)12-18(17)22)19(25)14-3-2-4-16(11-14)23-8-7-21-13-23/h2-8,11-13H,9-10H2,1H3. The summed E-state index contributed by atoms with van der Waals surface area (Å²) in [7, 11) is 1.90. The molecule has 2 heterocycles. The van der Waals surface area contributed by atoms with E-state index >= 15 is 0 Å². The zero-order chi connectivity index (χ0) is 17.4. The SMILES string of the molecule is CN1CCN(C(=O)c2cccc(-n3ccnc3)c2)c2ccc(F)cc21. The molecule has 3 aromatic rings. The van der Waals surface area contributed by atoms with E-state index in [1.54, 1.807) is 29.6 Å². The summed E-state index contributed by atoms with van der Waals surface area (Å²) in [5.74, 6) is -0.398. The molecule has 0 unspecified atom stereocenters. The highest BCUT2D eigenvalue weighted by Crippen LogP contribution is 2.33. The first-order chi connectivity index (χ1) is 12.1. The molecule has 0 spiro atoms. The summed E-state index contributed by atoms with van der Waals surface area (Å²) in [6.07, 6.45) is 5.22. The van der Waals surface area contributed by atoms with Crippen LogP contribution in [0.15, 0.2) is 61.2 Å². The zero-order valence-electron chi connectivity index (χ0n) is 13.8. The maximum absolute atomic E-state index is 13.6.